The molecule has 0 saturated heterocycles. The summed E-state index contributed by atoms with van der Waals surface area (Å²) in [4.78, 5) is 15.4. The van der Waals surface area contributed by atoms with Gasteiger partial charge in [-0.2, -0.15) is 5.26 Å². The predicted molar refractivity (Wildman–Crippen MR) is 61.7 cm³/mol. The Balaban J connectivity index is 2.68. The van der Waals surface area contributed by atoms with Gasteiger partial charge in [0.25, 0.3) is 0 Å². The maximum Gasteiger partial charge on any atom is 0.413 e. The number of aromatic nitrogens is 1. The van der Waals surface area contributed by atoms with E-state index < -0.39 is 11.7 Å². The van der Waals surface area contributed by atoms with Crippen molar-refractivity contribution < 1.29 is 9.53 Å². The van der Waals surface area contributed by atoms with Gasteiger partial charge in [-0.15, -0.1) is 0 Å². The van der Waals surface area contributed by atoms with Crippen LogP contribution in [0.1, 0.15) is 25.6 Å². The van der Waals surface area contributed by atoms with Gasteiger partial charge in [0, 0.05) is 0 Å². The molecule has 0 saturated carbocycles. The first-order valence-electron chi connectivity index (χ1n) is 4.38. The zero-order valence-corrected chi connectivity index (χ0v) is 10.6. The smallest absolute Gasteiger partial charge is 0.413 e. The first-order chi connectivity index (χ1) is 7.31. The molecule has 1 N–H and O–H groups in total. The molecule has 86 valence electrons. The number of amides is 1. The van der Waals surface area contributed by atoms with Gasteiger partial charge in [0.15, 0.2) is 10.3 Å². The number of halogens is 1. The minimum absolute atomic E-state index is 0.0820. The molecule has 1 heterocycles. The first kappa shape index (κ1) is 12.7. The Morgan fingerprint density at radius 3 is 2.69 bits per heavy atom. The van der Waals surface area contributed by atoms with E-state index in [4.69, 9.17) is 21.6 Å². The van der Waals surface area contributed by atoms with E-state index in [0.717, 1.165) is 11.3 Å². The van der Waals surface area contributed by atoms with Crippen molar-refractivity contribution in [1.29, 1.82) is 5.26 Å². The lowest BCUT2D eigenvalue weighted by molar-refractivity contribution is 0.0636. The molecule has 16 heavy (non-hydrogen) atoms. The lowest BCUT2D eigenvalue weighted by Gasteiger charge is -2.18. The maximum absolute atomic E-state index is 11.3. The van der Waals surface area contributed by atoms with Crippen LogP contribution in [0.4, 0.5) is 9.93 Å². The van der Waals surface area contributed by atoms with Crippen LogP contribution < -0.4 is 5.32 Å². The van der Waals surface area contributed by atoms with Gasteiger partial charge in [-0.1, -0.05) is 22.9 Å². The second kappa shape index (κ2) is 4.68. The number of ether oxygens (including phenoxy) is 1. The highest BCUT2D eigenvalue weighted by atomic mass is 35.5. The zero-order chi connectivity index (χ0) is 12.3. The van der Waals surface area contributed by atoms with Gasteiger partial charge in [-0.25, -0.2) is 9.78 Å². The molecular formula is C9H10ClN3O2S. The Morgan fingerprint density at radius 2 is 2.25 bits per heavy atom. The van der Waals surface area contributed by atoms with E-state index in [1.807, 2.05) is 6.07 Å². The Bertz CT molecular complexity index is 445. The summed E-state index contributed by atoms with van der Waals surface area (Å²) in [5, 5.41) is 11.4. The summed E-state index contributed by atoms with van der Waals surface area (Å²) >= 11 is 6.64. The second-order valence-electron chi connectivity index (χ2n) is 3.88. The highest BCUT2D eigenvalue weighted by Gasteiger charge is 2.18. The summed E-state index contributed by atoms with van der Waals surface area (Å²) in [6.07, 6.45) is -0.623. The Morgan fingerprint density at radius 1 is 1.62 bits per heavy atom. The fourth-order valence-electron chi connectivity index (χ4n) is 0.815. The second-order valence-corrected chi connectivity index (χ2v) is 5.23. The normalized spacial score (nSPS) is 10.7. The summed E-state index contributed by atoms with van der Waals surface area (Å²) in [7, 11) is 0. The number of thiazole rings is 1. The molecule has 1 amide bonds. The largest absolute Gasteiger partial charge is 0.444 e. The molecule has 7 heteroatoms. The van der Waals surface area contributed by atoms with Crippen molar-refractivity contribution in [3.05, 3.63) is 10.0 Å². The van der Waals surface area contributed by atoms with Crippen LogP contribution in [0.5, 0.6) is 0 Å². The fraction of sp³-hybridized carbons (Fsp3) is 0.444. The highest BCUT2D eigenvalue weighted by molar-refractivity contribution is 7.16. The number of anilines is 1. The molecule has 0 aliphatic rings. The topological polar surface area (TPSA) is 75.0 Å². The van der Waals surface area contributed by atoms with Gasteiger partial charge < -0.3 is 4.74 Å². The number of carbonyl (C=O) groups is 1. The van der Waals surface area contributed by atoms with E-state index in [1.165, 1.54) is 0 Å². The summed E-state index contributed by atoms with van der Waals surface area (Å²) in [6, 6.07) is 1.87. The van der Waals surface area contributed by atoms with Crippen LogP contribution >= 0.6 is 22.9 Å². The molecule has 0 atom stereocenters. The van der Waals surface area contributed by atoms with E-state index in [-0.39, 0.29) is 15.2 Å². The average Bonchev–Trinajstić information content (AvgIpc) is 2.42. The van der Waals surface area contributed by atoms with E-state index in [9.17, 15) is 4.79 Å². The van der Waals surface area contributed by atoms with E-state index in [2.05, 4.69) is 10.3 Å². The molecule has 0 aliphatic carbocycles. The minimum Gasteiger partial charge on any atom is -0.444 e. The van der Waals surface area contributed by atoms with Crippen LogP contribution in [-0.4, -0.2) is 16.7 Å². The molecule has 5 nitrogen and oxygen atoms in total. The minimum atomic E-state index is -0.623. The van der Waals surface area contributed by atoms with Gasteiger partial charge in [-0.3, -0.25) is 5.32 Å². The number of nitrogens with one attached hydrogen (secondary N) is 1. The molecule has 0 radical (unpaired) electrons. The van der Waals surface area contributed by atoms with Crippen molar-refractivity contribution in [2.24, 2.45) is 0 Å². The fourth-order valence-corrected chi connectivity index (χ4v) is 1.75. The Kier molecular flexibility index (Phi) is 3.73. The van der Waals surface area contributed by atoms with Crippen molar-refractivity contribution in [3.63, 3.8) is 0 Å². The highest BCUT2D eigenvalue weighted by Crippen LogP contribution is 2.26. The molecule has 0 aliphatic heterocycles. The first-order valence-corrected chi connectivity index (χ1v) is 5.57. The molecule has 0 unspecified atom stereocenters. The van der Waals surface area contributed by atoms with Crippen LogP contribution in [0.15, 0.2) is 0 Å². The third-order valence-corrected chi connectivity index (χ3v) is 2.56. The predicted octanol–water partition coefficient (Wildman–Crippen LogP) is 3.02. The molecular weight excluding hydrogens is 250 g/mol. The summed E-state index contributed by atoms with van der Waals surface area (Å²) in [6.45, 7) is 5.26. The Hall–Kier alpha value is -1.32. The van der Waals surface area contributed by atoms with Crippen LogP contribution in [0.2, 0.25) is 5.15 Å². The zero-order valence-electron chi connectivity index (χ0n) is 9.00. The van der Waals surface area contributed by atoms with Crippen molar-refractivity contribution in [3.8, 4) is 6.07 Å². The maximum atomic E-state index is 11.3. The van der Waals surface area contributed by atoms with E-state index in [0.29, 0.717) is 0 Å². The summed E-state index contributed by atoms with van der Waals surface area (Å²) < 4.78 is 5.02. The SMILES string of the molecule is CC(C)(C)OC(=O)Nc1nc(Cl)c(C#N)s1. The van der Waals surface area contributed by atoms with Crippen molar-refractivity contribution >= 4 is 34.2 Å². The van der Waals surface area contributed by atoms with Gasteiger partial charge in [0.2, 0.25) is 0 Å². The van der Waals surface area contributed by atoms with E-state index in [1.54, 1.807) is 20.8 Å². The van der Waals surface area contributed by atoms with Gasteiger partial charge in [-0.05, 0) is 20.8 Å². The number of rotatable bonds is 1. The summed E-state index contributed by atoms with van der Waals surface area (Å²) in [5.74, 6) is 0. The number of hydrogen-bond acceptors (Lipinski definition) is 5. The average molecular weight is 260 g/mol. The van der Waals surface area contributed by atoms with Gasteiger partial charge in [0.1, 0.15) is 16.5 Å². The van der Waals surface area contributed by atoms with Gasteiger partial charge >= 0.3 is 6.09 Å². The number of hydrogen-bond donors (Lipinski definition) is 1. The van der Waals surface area contributed by atoms with Crippen LogP contribution in [0.25, 0.3) is 0 Å². The van der Waals surface area contributed by atoms with Crippen LogP contribution in [0.3, 0.4) is 0 Å². The number of nitriles is 1. The monoisotopic (exact) mass is 259 g/mol. The Labute approximate surface area is 102 Å². The molecule has 0 aromatic carbocycles. The molecule has 0 spiro atoms. The lowest BCUT2D eigenvalue weighted by atomic mass is 10.2. The molecule has 0 fully saturated rings. The van der Waals surface area contributed by atoms with Gasteiger partial charge in [0.05, 0.1) is 0 Å². The van der Waals surface area contributed by atoms with Crippen LogP contribution in [-0.2, 0) is 4.74 Å². The summed E-state index contributed by atoms with van der Waals surface area (Å²) in [5.41, 5.74) is -0.580. The number of nitrogens with zero attached hydrogens (tertiary/aromatic N) is 2. The molecule has 1 aromatic rings. The van der Waals surface area contributed by atoms with Crippen molar-refractivity contribution in [2.75, 3.05) is 5.32 Å². The quantitative estimate of drug-likeness (QED) is 0.841. The third-order valence-electron chi connectivity index (χ3n) is 1.30. The lowest BCUT2D eigenvalue weighted by Crippen LogP contribution is -2.27. The standard InChI is InChI=1S/C9H10ClN3O2S/c1-9(2,3)15-8(14)13-7-12-6(10)5(4-11)16-7/h1-3H3,(H,12,13,14). The van der Waals surface area contributed by atoms with E-state index >= 15 is 0 Å². The molecule has 1 aromatic heterocycles. The van der Waals surface area contributed by atoms with Crippen molar-refractivity contribution in [1.82, 2.24) is 4.98 Å². The van der Waals surface area contributed by atoms with Crippen LogP contribution in [0, 0.1) is 11.3 Å². The van der Waals surface area contributed by atoms with Crippen molar-refractivity contribution in [2.45, 2.75) is 26.4 Å². The third kappa shape index (κ3) is 3.68. The number of carbonyl (C=O) groups excluding carboxylic acids is 1. The molecule has 0 bridgehead atoms. The molecule has 1 rings (SSSR count).